The van der Waals surface area contributed by atoms with E-state index in [9.17, 15) is 4.79 Å². The maximum absolute atomic E-state index is 11.4. The average molecular weight is 275 g/mol. The topological polar surface area (TPSA) is 57.8 Å². The molecule has 0 unspecified atom stereocenters. The van der Waals surface area contributed by atoms with Gasteiger partial charge in [-0.05, 0) is 17.7 Å². The van der Waals surface area contributed by atoms with Crippen molar-refractivity contribution < 1.29 is 4.79 Å². The van der Waals surface area contributed by atoms with E-state index in [1.165, 1.54) is 0 Å². The van der Waals surface area contributed by atoms with Gasteiger partial charge in [-0.1, -0.05) is 36.4 Å². The molecule has 2 aromatic carbocycles. The minimum atomic E-state index is 0.0501. The Kier molecular flexibility index (Phi) is 2.60. The number of anilines is 1. The van der Waals surface area contributed by atoms with E-state index in [4.69, 9.17) is 0 Å². The van der Waals surface area contributed by atoms with Gasteiger partial charge in [0.15, 0.2) is 0 Å². The smallest absolute Gasteiger partial charge is 0.228 e. The molecule has 1 amide bonds. The van der Waals surface area contributed by atoms with Crippen molar-refractivity contribution in [3.05, 3.63) is 60.3 Å². The average Bonchev–Trinajstić information content (AvgIpc) is 3.12. The van der Waals surface area contributed by atoms with Gasteiger partial charge in [-0.3, -0.25) is 4.79 Å². The number of aromatic nitrogens is 2. The van der Waals surface area contributed by atoms with Crippen LogP contribution in [0.25, 0.3) is 22.6 Å². The Balaban J connectivity index is 1.71. The van der Waals surface area contributed by atoms with E-state index >= 15 is 0 Å². The van der Waals surface area contributed by atoms with Gasteiger partial charge in [0.25, 0.3) is 0 Å². The lowest BCUT2D eigenvalue weighted by Gasteiger charge is -2.01. The molecule has 2 heterocycles. The van der Waals surface area contributed by atoms with Gasteiger partial charge in [0.2, 0.25) is 5.91 Å². The fourth-order valence-electron chi connectivity index (χ4n) is 2.60. The molecule has 4 nitrogen and oxygen atoms in total. The number of hydrogen-bond donors (Lipinski definition) is 2. The van der Waals surface area contributed by atoms with E-state index in [0.717, 1.165) is 33.9 Å². The van der Waals surface area contributed by atoms with Crippen molar-refractivity contribution in [3.63, 3.8) is 0 Å². The van der Waals surface area contributed by atoms with Gasteiger partial charge in [0, 0.05) is 23.0 Å². The third-order valence-electron chi connectivity index (χ3n) is 3.65. The summed E-state index contributed by atoms with van der Waals surface area (Å²) in [4.78, 5) is 19.2. The van der Waals surface area contributed by atoms with Gasteiger partial charge in [-0.25, -0.2) is 4.98 Å². The molecule has 3 aromatic rings. The molecule has 1 aliphatic heterocycles. The Hall–Kier alpha value is -2.88. The lowest BCUT2D eigenvalue weighted by molar-refractivity contribution is -0.115. The first-order valence-electron chi connectivity index (χ1n) is 6.83. The second kappa shape index (κ2) is 4.59. The first-order chi connectivity index (χ1) is 10.3. The normalized spacial score (nSPS) is 13.0. The molecular weight excluding hydrogens is 262 g/mol. The van der Waals surface area contributed by atoms with Crippen molar-refractivity contribution in [3.8, 4) is 22.6 Å². The number of H-pyrrole nitrogens is 1. The molecule has 0 fully saturated rings. The summed E-state index contributed by atoms with van der Waals surface area (Å²) >= 11 is 0. The van der Waals surface area contributed by atoms with Gasteiger partial charge in [0.05, 0.1) is 12.1 Å². The third kappa shape index (κ3) is 2.10. The van der Waals surface area contributed by atoms with Crippen LogP contribution in [0.1, 0.15) is 5.56 Å². The van der Waals surface area contributed by atoms with Crippen LogP contribution in [0, 0.1) is 0 Å². The molecule has 0 radical (unpaired) electrons. The Morgan fingerprint density at radius 2 is 1.86 bits per heavy atom. The largest absolute Gasteiger partial charge is 0.344 e. The van der Waals surface area contributed by atoms with Crippen molar-refractivity contribution in [2.75, 3.05) is 5.32 Å². The van der Waals surface area contributed by atoms with Crippen LogP contribution in [-0.4, -0.2) is 15.9 Å². The molecule has 4 heteroatoms. The minimum absolute atomic E-state index is 0.0501. The van der Waals surface area contributed by atoms with Crippen LogP contribution >= 0.6 is 0 Å². The van der Waals surface area contributed by atoms with Crippen LogP contribution in [0.4, 0.5) is 5.69 Å². The highest BCUT2D eigenvalue weighted by Gasteiger charge is 2.18. The van der Waals surface area contributed by atoms with E-state index < -0.39 is 0 Å². The summed E-state index contributed by atoms with van der Waals surface area (Å²) in [7, 11) is 0. The van der Waals surface area contributed by atoms with Gasteiger partial charge >= 0.3 is 0 Å². The first kappa shape index (κ1) is 11.9. The summed E-state index contributed by atoms with van der Waals surface area (Å²) in [5.41, 5.74) is 4.89. The van der Waals surface area contributed by atoms with Crippen LogP contribution in [0.15, 0.2) is 54.7 Å². The molecule has 0 spiro atoms. The lowest BCUT2D eigenvalue weighted by atomic mass is 10.1. The van der Waals surface area contributed by atoms with Gasteiger partial charge in [-0.2, -0.15) is 0 Å². The van der Waals surface area contributed by atoms with E-state index in [2.05, 4.69) is 15.3 Å². The first-order valence-corrected chi connectivity index (χ1v) is 6.83. The number of rotatable bonds is 2. The van der Waals surface area contributed by atoms with E-state index in [1.807, 2.05) is 54.7 Å². The van der Waals surface area contributed by atoms with Crippen molar-refractivity contribution in [2.45, 2.75) is 6.42 Å². The van der Waals surface area contributed by atoms with E-state index in [1.54, 1.807) is 0 Å². The summed E-state index contributed by atoms with van der Waals surface area (Å²) in [5.74, 6) is 0.898. The van der Waals surface area contributed by atoms with Crippen LogP contribution in [-0.2, 0) is 11.2 Å². The van der Waals surface area contributed by atoms with Crippen molar-refractivity contribution in [1.82, 2.24) is 9.97 Å². The molecule has 102 valence electrons. The highest BCUT2D eigenvalue weighted by molar-refractivity contribution is 5.99. The van der Waals surface area contributed by atoms with Gasteiger partial charge < -0.3 is 10.3 Å². The zero-order valence-electron chi connectivity index (χ0n) is 11.3. The van der Waals surface area contributed by atoms with Gasteiger partial charge in [-0.15, -0.1) is 0 Å². The molecule has 0 saturated carbocycles. The number of aromatic amines is 1. The third-order valence-corrected chi connectivity index (χ3v) is 3.65. The van der Waals surface area contributed by atoms with Crippen molar-refractivity contribution >= 4 is 11.6 Å². The number of nitrogens with zero attached hydrogens (tertiary/aromatic N) is 1. The highest BCUT2D eigenvalue weighted by Crippen LogP contribution is 2.29. The Bertz CT molecular complexity index is 821. The molecule has 2 N–H and O–H groups in total. The van der Waals surface area contributed by atoms with E-state index in [-0.39, 0.29) is 5.91 Å². The number of carbonyl (C=O) groups excluding carboxylic acids is 1. The van der Waals surface area contributed by atoms with Crippen LogP contribution < -0.4 is 5.32 Å². The second-order valence-corrected chi connectivity index (χ2v) is 5.10. The summed E-state index contributed by atoms with van der Waals surface area (Å²) in [5, 5.41) is 2.84. The lowest BCUT2D eigenvalue weighted by Crippen LogP contribution is -2.03. The number of fused-ring (bicyclic) bond motifs is 1. The molecule has 0 aliphatic carbocycles. The number of imidazole rings is 1. The summed E-state index contributed by atoms with van der Waals surface area (Å²) in [6.07, 6.45) is 2.34. The molecule has 4 rings (SSSR count). The van der Waals surface area contributed by atoms with Crippen LogP contribution in [0.2, 0.25) is 0 Å². The van der Waals surface area contributed by atoms with Gasteiger partial charge in [0.1, 0.15) is 5.82 Å². The molecular formula is C17H13N3O. The molecule has 0 saturated heterocycles. The Labute approximate surface area is 121 Å². The minimum Gasteiger partial charge on any atom is -0.344 e. The van der Waals surface area contributed by atoms with Crippen LogP contribution in [0.3, 0.4) is 0 Å². The summed E-state index contributed by atoms with van der Waals surface area (Å²) < 4.78 is 0. The van der Waals surface area contributed by atoms with Crippen molar-refractivity contribution in [1.29, 1.82) is 0 Å². The number of nitrogens with one attached hydrogen (secondary N) is 2. The number of carbonyl (C=O) groups is 1. The predicted molar refractivity (Wildman–Crippen MR) is 81.8 cm³/mol. The quantitative estimate of drug-likeness (QED) is 0.754. The summed E-state index contributed by atoms with van der Waals surface area (Å²) in [6, 6.07) is 16.0. The molecule has 1 aromatic heterocycles. The van der Waals surface area contributed by atoms with E-state index in [0.29, 0.717) is 6.42 Å². The monoisotopic (exact) mass is 275 g/mol. The fourth-order valence-corrected chi connectivity index (χ4v) is 2.60. The number of amides is 1. The molecule has 21 heavy (non-hydrogen) atoms. The second-order valence-electron chi connectivity index (χ2n) is 5.10. The predicted octanol–water partition coefficient (Wildman–Crippen LogP) is 3.24. The number of benzene rings is 2. The Morgan fingerprint density at radius 3 is 2.71 bits per heavy atom. The SMILES string of the molecule is O=C1Cc2cc(-c3c[nH]c(-c4ccccc4)n3)ccc2N1. The highest BCUT2D eigenvalue weighted by atomic mass is 16.1. The Morgan fingerprint density at radius 1 is 1.00 bits per heavy atom. The molecule has 1 aliphatic rings. The van der Waals surface area contributed by atoms with Crippen LogP contribution in [0.5, 0.6) is 0 Å². The fraction of sp³-hybridized carbons (Fsp3) is 0.0588. The maximum atomic E-state index is 11.4. The molecule has 0 bridgehead atoms. The zero-order chi connectivity index (χ0) is 14.2. The van der Waals surface area contributed by atoms with Crippen molar-refractivity contribution in [2.24, 2.45) is 0 Å². The standard InChI is InChI=1S/C17H13N3O/c21-16-9-13-8-12(6-7-14(13)19-16)15-10-18-17(20-15)11-4-2-1-3-5-11/h1-8,10H,9H2,(H,18,20)(H,19,21). The zero-order valence-corrected chi connectivity index (χ0v) is 11.3. The number of hydrogen-bond acceptors (Lipinski definition) is 2. The maximum Gasteiger partial charge on any atom is 0.228 e. The summed E-state index contributed by atoms with van der Waals surface area (Å²) in [6.45, 7) is 0. The molecule has 0 atom stereocenters.